The summed E-state index contributed by atoms with van der Waals surface area (Å²) in [5.74, 6) is -1.34. The Hall–Kier alpha value is -2.17. The molecule has 0 bridgehead atoms. The zero-order valence-electron chi connectivity index (χ0n) is 15.6. The first-order valence-electron chi connectivity index (χ1n) is 9.93. The molecule has 0 aromatic heterocycles. The van der Waals surface area contributed by atoms with E-state index in [2.05, 4.69) is 15.8 Å². The van der Waals surface area contributed by atoms with Crippen molar-refractivity contribution in [3.63, 3.8) is 0 Å². The average molecular weight is 357 g/mol. The van der Waals surface area contributed by atoms with E-state index in [-0.39, 0.29) is 0 Å². The SMILES string of the molecule is O=C(NCc1ccccc1)C(=O)NN=C1CCCCCCCCCCC1. The number of hydrazone groups is 1. The second kappa shape index (κ2) is 12.2. The van der Waals surface area contributed by atoms with Gasteiger partial charge in [0.05, 0.1) is 0 Å². The lowest BCUT2D eigenvalue weighted by atomic mass is 10.00. The van der Waals surface area contributed by atoms with Gasteiger partial charge in [0.1, 0.15) is 0 Å². The van der Waals surface area contributed by atoms with E-state index < -0.39 is 11.8 Å². The zero-order chi connectivity index (χ0) is 18.5. The zero-order valence-corrected chi connectivity index (χ0v) is 15.6. The molecule has 0 atom stereocenters. The van der Waals surface area contributed by atoms with Crippen molar-refractivity contribution in [3.8, 4) is 0 Å². The number of carbonyl (C=O) groups excluding carboxylic acids is 2. The van der Waals surface area contributed by atoms with E-state index in [1.807, 2.05) is 30.3 Å². The maximum absolute atomic E-state index is 12.0. The van der Waals surface area contributed by atoms with Crippen LogP contribution in [-0.4, -0.2) is 17.5 Å². The largest absolute Gasteiger partial charge is 0.344 e. The fourth-order valence-electron chi connectivity index (χ4n) is 3.17. The Kier molecular flexibility index (Phi) is 9.47. The van der Waals surface area contributed by atoms with Gasteiger partial charge in [-0.05, 0) is 31.2 Å². The monoisotopic (exact) mass is 357 g/mol. The Morgan fingerprint density at radius 1 is 0.769 bits per heavy atom. The molecule has 5 nitrogen and oxygen atoms in total. The topological polar surface area (TPSA) is 70.6 Å². The third-order valence-electron chi connectivity index (χ3n) is 4.75. The predicted molar refractivity (Wildman–Crippen MR) is 105 cm³/mol. The van der Waals surface area contributed by atoms with Gasteiger partial charge in [-0.25, -0.2) is 5.43 Å². The molecule has 1 aliphatic rings. The van der Waals surface area contributed by atoms with Crippen LogP contribution < -0.4 is 10.7 Å². The number of nitrogens with one attached hydrogen (secondary N) is 2. The van der Waals surface area contributed by atoms with E-state index in [0.29, 0.717) is 6.54 Å². The van der Waals surface area contributed by atoms with Gasteiger partial charge in [-0.3, -0.25) is 9.59 Å². The van der Waals surface area contributed by atoms with E-state index in [1.54, 1.807) is 0 Å². The molecular formula is C21H31N3O2. The standard InChI is InChI=1S/C21H31N3O2/c25-20(22-17-18-13-9-8-10-14-18)21(26)24-23-19-15-11-6-4-2-1-3-5-7-12-16-19/h8-10,13-14H,1-7,11-12,15-17H2,(H,22,25)(H,24,26). The van der Waals surface area contributed by atoms with Crippen molar-refractivity contribution in [2.75, 3.05) is 0 Å². The molecule has 0 unspecified atom stereocenters. The van der Waals surface area contributed by atoms with Gasteiger partial charge in [0.15, 0.2) is 0 Å². The summed E-state index contributed by atoms with van der Waals surface area (Å²) in [7, 11) is 0. The van der Waals surface area contributed by atoms with Crippen LogP contribution in [0.2, 0.25) is 0 Å². The van der Waals surface area contributed by atoms with Crippen molar-refractivity contribution in [2.24, 2.45) is 5.10 Å². The third kappa shape index (κ3) is 8.28. The Balaban J connectivity index is 1.77. The average Bonchev–Trinajstić information content (AvgIpc) is 2.66. The van der Waals surface area contributed by atoms with Gasteiger partial charge in [0, 0.05) is 12.3 Å². The van der Waals surface area contributed by atoms with E-state index in [9.17, 15) is 9.59 Å². The van der Waals surface area contributed by atoms with Crippen LogP contribution in [-0.2, 0) is 16.1 Å². The van der Waals surface area contributed by atoms with Gasteiger partial charge in [0.2, 0.25) is 0 Å². The van der Waals surface area contributed by atoms with E-state index in [4.69, 9.17) is 0 Å². The second-order valence-corrected chi connectivity index (χ2v) is 6.97. The molecule has 26 heavy (non-hydrogen) atoms. The lowest BCUT2D eigenvalue weighted by Gasteiger charge is -2.10. The van der Waals surface area contributed by atoms with Crippen LogP contribution in [0.15, 0.2) is 35.4 Å². The first-order chi connectivity index (χ1) is 12.8. The molecule has 1 aromatic rings. The Morgan fingerprint density at radius 2 is 1.31 bits per heavy atom. The van der Waals surface area contributed by atoms with Crippen molar-refractivity contribution in [2.45, 2.75) is 77.2 Å². The van der Waals surface area contributed by atoms with Gasteiger partial charge in [-0.2, -0.15) is 5.10 Å². The molecule has 1 saturated carbocycles. The summed E-state index contributed by atoms with van der Waals surface area (Å²) in [5.41, 5.74) is 4.40. The Labute approximate surface area is 156 Å². The summed E-state index contributed by atoms with van der Waals surface area (Å²) in [5, 5.41) is 6.87. The van der Waals surface area contributed by atoms with Gasteiger partial charge in [-0.15, -0.1) is 0 Å². The first kappa shape index (κ1) is 20.1. The van der Waals surface area contributed by atoms with Gasteiger partial charge >= 0.3 is 11.8 Å². The molecule has 0 spiro atoms. The highest BCUT2D eigenvalue weighted by Crippen LogP contribution is 2.15. The molecule has 142 valence electrons. The summed E-state index contributed by atoms with van der Waals surface area (Å²) in [6.45, 7) is 0.337. The van der Waals surface area contributed by atoms with E-state index in [1.165, 1.54) is 44.9 Å². The summed E-state index contributed by atoms with van der Waals surface area (Å²) in [6, 6.07) is 9.53. The summed E-state index contributed by atoms with van der Waals surface area (Å²) in [4.78, 5) is 23.9. The summed E-state index contributed by atoms with van der Waals surface area (Å²) < 4.78 is 0. The molecule has 2 rings (SSSR count). The van der Waals surface area contributed by atoms with E-state index in [0.717, 1.165) is 37.0 Å². The minimum Gasteiger partial charge on any atom is -0.344 e. The Bertz CT molecular complexity index is 570. The van der Waals surface area contributed by atoms with Crippen molar-refractivity contribution in [1.29, 1.82) is 0 Å². The van der Waals surface area contributed by atoms with Crippen LogP contribution in [0.1, 0.15) is 76.2 Å². The fourth-order valence-corrected chi connectivity index (χ4v) is 3.17. The van der Waals surface area contributed by atoms with Crippen LogP contribution in [0.4, 0.5) is 0 Å². The number of hydrogen-bond acceptors (Lipinski definition) is 3. The number of rotatable bonds is 3. The maximum Gasteiger partial charge on any atom is 0.329 e. The van der Waals surface area contributed by atoms with Crippen molar-refractivity contribution < 1.29 is 9.59 Å². The van der Waals surface area contributed by atoms with Crippen LogP contribution in [0, 0.1) is 0 Å². The molecule has 5 heteroatoms. The second-order valence-electron chi connectivity index (χ2n) is 6.97. The highest BCUT2D eigenvalue weighted by atomic mass is 16.2. The van der Waals surface area contributed by atoms with Crippen LogP contribution >= 0.6 is 0 Å². The molecule has 0 aliphatic heterocycles. The highest BCUT2D eigenvalue weighted by Gasteiger charge is 2.13. The molecule has 1 aliphatic carbocycles. The molecule has 0 heterocycles. The first-order valence-corrected chi connectivity index (χ1v) is 9.93. The molecule has 0 saturated heterocycles. The van der Waals surface area contributed by atoms with Gasteiger partial charge in [-0.1, -0.05) is 75.3 Å². The van der Waals surface area contributed by atoms with Crippen LogP contribution in [0.5, 0.6) is 0 Å². The summed E-state index contributed by atoms with van der Waals surface area (Å²) >= 11 is 0. The summed E-state index contributed by atoms with van der Waals surface area (Å²) in [6.07, 6.45) is 13.0. The molecule has 1 fully saturated rings. The number of amides is 2. The van der Waals surface area contributed by atoms with Crippen LogP contribution in [0.3, 0.4) is 0 Å². The normalized spacial score (nSPS) is 16.7. The smallest absolute Gasteiger partial charge is 0.329 e. The number of nitrogens with zero attached hydrogens (tertiary/aromatic N) is 1. The predicted octanol–water partition coefficient (Wildman–Crippen LogP) is 4.08. The lowest BCUT2D eigenvalue weighted by molar-refractivity contribution is -0.139. The van der Waals surface area contributed by atoms with Crippen molar-refractivity contribution in [3.05, 3.63) is 35.9 Å². The highest BCUT2D eigenvalue weighted by molar-refractivity contribution is 6.35. The van der Waals surface area contributed by atoms with Gasteiger partial charge < -0.3 is 5.32 Å². The maximum atomic E-state index is 12.0. The number of hydrogen-bond donors (Lipinski definition) is 2. The number of benzene rings is 1. The number of carbonyl (C=O) groups is 2. The van der Waals surface area contributed by atoms with Gasteiger partial charge in [0.25, 0.3) is 0 Å². The molecule has 1 aromatic carbocycles. The van der Waals surface area contributed by atoms with Crippen molar-refractivity contribution >= 4 is 17.5 Å². The molecular weight excluding hydrogens is 326 g/mol. The third-order valence-corrected chi connectivity index (χ3v) is 4.75. The minimum atomic E-state index is -0.695. The molecule has 0 radical (unpaired) electrons. The lowest BCUT2D eigenvalue weighted by Crippen LogP contribution is -2.37. The Morgan fingerprint density at radius 3 is 1.88 bits per heavy atom. The van der Waals surface area contributed by atoms with Crippen LogP contribution in [0.25, 0.3) is 0 Å². The van der Waals surface area contributed by atoms with Crippen molar-refractivity contribution in [1.82, 2.24) is 10.7 Å². The molecule has 2 amide bonds. The molecule has 2 N–H and O–H groups in total. The van der Waals surface area contributed by atoms with E-state index >= 15 is 0 Å². The quantitative estimate of drug-likeness (QED) is 0.632. The fraction of sp³-hybridized carbons (Fsp3) is 0.571. The minimum absolute atomic E-state index is 0.337.